The summed E-state index contributed by atoms with van der Waals surface area (Å²) in [6.45, 7) is 1.95. The summed E-state index contributed by atoms with van der Waals surface area (Å²) in [7, 11) is 0. The van der Waals surface area contributed by atoms with E-state index >= 15 is 0 Å². The zero-order chi connectivity index (χ0) is 22.0. The number of hydrogen-bond donors (Lipinski definition) is 2. The van der Waals surface area contributed by atoms with E-state index in [-0.39, 0.29) is 28.9 Å². The van der Waals surface area contributed by atoms with Crippen LogP contribution >= 0.6 is 11.8 Å². The van der Waals surface area contributed by atoms with E-state index in [4.69, 9.17) is 9.84 Å². The lowest BCUT2D eigenvalue weighted by molar-refractivity contribution is -0.137. The van der Waals surface area contributed by atoms with Crippen molar-refractivity contribution in [2.75, 3.05) is 13.1 Å². The molecule has 31 heavy (non-hydrogen) atoms. The molecule has 1 spiro atoms. The zero-order valence-electron chi connectivity index (χ0n) is 17.0. The van der Waals surface area contributed by atoms with Crippen LogP contribution in [0.2, 0.25) is 0 Å². The number of amides is 1. The number of thioether (sulfide) groups is 1. The van der Waals surface area contributed by atoms with Gasteiger partial charge in [0, 0.05) is 19.5 Å². The third-order valence-corrected chi connectivity index (χ3v) is 7.20. The molecular weight excluding hydrogens is 420 g/mol. The molecule has 0 aromatic heterocycles. The molecule has 0 saturated carbocycles. The number of fused-ring (bicyclic) bond motifs is 2. The van der Waals surface area contributed by atoms with Crippen LogP contribution in [0, 0.1) is 0 Å². The molecule has 8 nitrogen and oxygen atoms in total. The number of aliphatic imine (C=N–C) groups is 1. The second-order valence-corrected chi connectivity index (χ2v) is 8.92. The Morgan fingerprint density at radius 2 is 1.84 bits per heavy atom. The Morgan fingerprint density at radius 1 is 1.13 bits per heavy atom. The molecule has 1 aromatic carbocycles. The molecule has 0 aliphatic carbocycles. The Labute approximate surface area is 184 Å². The average molecular weight is 445 g/mol. The van der Waals surface area contributed by atoms with Gasteiger partial charge >= 0.3 is 11.9 Å². The molecular formula is C22H24N2O6S. The van der Waals surface area contributed by atoms with E-state index in [1.165, 1.54) is 11.1 Å². The summed E-state index contributed by atoms with van der Waals surface area (Å²) >= 11 is 1.11. The van der Waals surface area contributed by atoms with Gasteiger partial charge in [0.05, 0.1) is 22.7 Å². The van der Waals surface area contributed by atoms with Gasteiger partial charge in [-0.1, -0.05) is 24.3 Å². The summed E-state index contributed by atoms with van der Waals surface area (Å²) in [5.41, 5.74) is 2.18. The van der Waals surface area contributed by atoms with Crippen molar-refractivity contribution >= 4 is 34.8 Å². The van der Waals surface area contributed by atoms with Crippen LogP contribution in [0.1, 0.15) is 49.7 Å². The van der Waals surface area contributed by atoms with Gasteiger partial charge in [-0.2, -0.15) is 4.99 Å². The van der Waals surface area contributed by atoms with E-state index < -0.39 is 17.8 Å². The van der Waals surface area contributed by atoms with E-state index in [1.807, 2.05) is 17.0 Å². The first-order chi connectivity index (χ1) is 14.9. The van der Waals surface area contributed by atoms with Gasteiger partial charge in [0.2, 0.25) is 0 Å². The van der Waals surface area contributed by atoms with Crippen molar-refractivity contribution in [3.8, 4) is 0 Å². The molecule has 164 valence electrons. The van der Waals surface area contributed by atoms with Crippen LogP contribution in [0.4, 0.5) is 0 Å². The van der Waals surface area contributed by atoms with Gasteiger partial charge in [-0.15, -0.1) is 0 Å². The number of aliphatic carboxylic acids is 2. The standard InChI is InChI=1S/C22H24N2O6S/c25-17(26)8-4-2-6-15(20(28)29)18-19(27)23-21(31-18)24-11-9-22(10-12-24)16-7-3-1-5-14(16)13-30-22/h1,3,5,7H,2,4,6,8-13H2,(H,25,26)(H,28,29)/b18-15-. The lowest BCUT2D eigenvalue weighted by Gasteiger charge is -2.39. The Bertz CT molecular complexity index is 978. The Morgan fingerprint density at radius 3 is 2.55 bits per heavy atom. The largest absolute Gasteiger partial charge is 0.481 e. The number of benzene rings is 1. The lowest BCUT2D eigenvalue weighted by atomic mass is 9.84. The van der Waals surface area contributed by atoms with Crippen molar-refractivity contribution in [2.24, 2.45) is 4.99 Å². The highest BCUT2D eigenvalue weighted by Gasteiger charge is 2.43. The molecule has 3 aliphatic rings. The van der Waals surface area contributed by atoms with Crippen molar-refractivity contribution in [2.45, 2.75) is 50.7 Å². The molecule has 1 amide bonds. The van der Waals surface area contributed by atoms with Crippen LogP contribution in [-0.2, 0) is 31.3 Å². The van der Waals surface area contributed by atoms with Gasteiger partial charge in [-0.25, -0.2) is 4.79 Å². The van der Waals surface area contributed by atoms with E-state index in [0.717, 1.165) is 24.6 Å². The summed E-state index contributed by atoms with van der Waals surface area (Å²) in [6, 6.07) is 8.25. The van der Waals surface area contributed by atoms with Gasteiger partial charge in [-0.05, 0) is 55.0 Å². The van der Waals surface area contributed by atoms with Crippen molar-refractivity contribution in [1.29, 1.82) is 0 Å². The molecule has 1 aromatic rings. The third-order valence-electron chi connectivity index (χ3n) is 6.04. The highest BCUT2D eigenvalue weighted by atomic mass is 32.2. The quantitative estimate of drug-likeness (QED) is 0.508. The minimum absolute atomic E-state index is 0.0145. The van der Waals surface area contributed by atoms with Crippen molar-refractivity contribution in [3.63, 3.8) is 0 Å². The number of rotatable bonds is 6. The fraction of sp³-hybridized carbons (Fsp3) is 0.455. The fourth-order valence-electron chi connectivity index (χ4n) is 4.37. The number of piperidine rings is 1. The minimum Gasteiger partial charge on any atom is -0.481 e. The van der Waals surface area contributed by atoms with Crippen LogP contribution in [0.25, 0.3) is 0 Å². The molecule has 2 N–H and O–H groups in total. The van der Waals surface area contributed by atoms with E-state index in [2.05, 4.69) is 17.1 Å². The van der Waals surface area contributed by atoms with Gasteiger partial charge < -0.3 is 19.8 Å². The van der Waals surface area contributed by atoms with E-state index in [9.17, 15) is 19.5 Å². The van der Waals surface area contributed by atoms with Crippen LogP contribution in [0.15, 0.2) is 39.7 Å². The number of hydrogen-bond acceptors (Lipinski definition) is 6. The first-order valence-electron chi connectivity index (χ1n) is 10.4. The van der Waals surface area contributed by atoms with Crippen LogP contribution in [0.3, 0.4) is 0 Å². The van der Waals surface area contributed by atoms with E-state index in [0.29, 0.717) is 37.7 Å². The maximum Gasteiger partial charge on any atom is 0.332 e. The third kappa shape index (κ3) is 4.38. The number of likely N-dealkylation sites (tertiary alicyclic amines) is 1. The summed E-state index contributed by atoms with van der Waals surface area (Å²) in [5.74, 6) is -2.60. The molecule has 0 radical (unpaired) electrons. The molecule has 4 rings (SSSR count). The molecule has 0 bridgehead atoms. The summed E-state index contributed by atoms with van der Waals surface area (Å²) in [5, 5.41) is 18.8. The molecule has 0 unspecified atom stereocenters. The predicted molar refractivity (Wildman–Crippen MR) is 115 cm³/mol. The van der Waals surface area contributed by atoms with Gasteiger partial charge in [-0.3, -0.25) is 9.59 Å². The highest BCUT2D eigenvalue weighted by Crippen LogP contribution is 2.45. The van der Waals surface area contributed by atoms with E-state index in [1.54, 1.807) is 0 Å². The maximum absolute atomic E-state index is 12.5. The van der Waals surface area contributed by atoms with Crippen LogP contribution in [0.5, 0.6) is 0 Å². The second kappa shape index (κ2) is 8.84. The summed E-state index contributed by atoms with van der Waals surface area (Å²) < 4.78 is 6.18. The number of carboxylic acids is 2. The minimum atomic E-state index is -1.16. The molecule has 1 saturated heterocycles. The number of amidine groups is 1. The summed E-state index contributed by atoms with van der Waals surface area (Å²) in [4.78, 5) is 41.1. The number of carbonyl (C=O) groups is 3. The first-order valence-corrected chi connectivity index (χ1v) is 11.2. The van der Waals surface area contributed by atoms with Gasteiger partial charge in [0.1, 0.15) is 0 Å². The molecule has 9 heteroatoms. The Hall–Kier alpha value is -2.65. The SMILES string of the molecule is O=C(O)CCCC/C(C(=O)O)=C1/SC(N2CCC3(CC2)OCc2ccccc23)=NC1=O. The zero-order valence-corrected chi connectivity index (χ0v) is 17.8. The number of carbonyl (C=O) groups excluding carboxylic acids is 1. The van der Waals surface area contributed by atoms with Crippen molar-refractivity contribution < 1.29 is 29.3 Å². The highest BCUT2D eigenvalue weighted by molar-refractivity contribution is 8.18. The van der Waals surface area contributed by atoms with Crippen molar-refractivity contribution in [1.82, 2.24) is 4.90 Å². The monoisotopic (exact) mass is 444 g/mol. The van der Waals surface area contributed by atoms with Gasteiger partial charge in [0.15, 0.2) is 5.17 Å². The van der Waals surface area contributed by atoms with Crippen LogP contribution in [-0.4, -0.2) is 51.2 Å². The average Bonchev–Trinajstić information content (AvgIpc) is 3.30. The molecule has 1 fully saturated rings. The van der Waals surface area contributed by atoms with Gasteiger partial charge in [0.25, 0.3) is 5.91 Å². The number of unbranched alkanes of at least 4 members (excludes halogenated alkanes) is 1. The number of ether oxygens (including phenoxy) is 1. The maximum atomic E-state index is 12.5. The number of carboxylic acid groups (broad SMARTS) is 2. The topological polar surface area (TPSA) is 116 Å². The van der Waals surface area contributed by atoms with Crippen LogP contribution < -0.4 is 0 Å². The van der Waals surface area contributed by atoms with Crippen molar-refractivity contribution in [3.05, 3.63) is 45.9 Å². The smallest absolute Gasteiger partial charge is 0.332 e. The first kappa shape index (κ1) is 21.6. The normalized spacial score (nSPS) is 21.2. The predicted octanol–water partition coefficient (Wildman–Crippen LogP) is 3.12. The lowest BCUT2D eigenvalue weighted by Crippen LogP contribution is -2.44. The summed E-state index contributed by atoms with van der Waals surface area (Å²) in [6.07, 6.45) is 2.43. The number of nitrogens with zero attached hydrogens (tertiary/aromatic N) is 2. The Kier molecular flexibility index (Phi) is 6.15. The fourth-order valence-corrected chi connectivity index (χ4v) is 5.44. The second-order valence-electron chi connectivity index (χ2n) is 7.94. The molecule has 3 heterocycles. The molecule has 0 atom stereocenters. The molecule has 3 aliphatic heterocycles. The Balaban J connectivity index is 1.41.